The lowest BCUT2D eigenvalue weighted by molar-refractivity contribution is 0.0883. The molecule has 5 heteroatoms. The number of amides is 1. The van der Waals surface area contributed by atoms with Crippen LogP contribution < -0.4 is 5.32 Å². The normalized spacial score (nSPS) is 24.2. The summed E-state index contributed by atoms with van der Waals surface area (Å²) in [5.74, 6) is 0.449. The van der Waals surface area contributed by atoms with E-state index >= 15 is 0 Å². The SMILES string of the molecule is CC1CN(C)CCC1NC(=O)c1cc(S)ccc1Br. The van der Waals surface area contributed by atoms with Crippen LogP contribution in [0, 0.1) is 5.92 Å². The molecule has 0 saturated carbocycles. The van der Waals surface area contributed by atoms with E-state index in [0.717, 1.165) is 28.9 Å². The Hall–Kier alpha value is -0.520. The molecular formula is C14H19BrN2OS. The molecule has 3 nitrogen and oxygen atoms in total. The number of carbonyl (C=O) groups excluding carboxylic acids is 1. The molecule has 1 heterocycles. The van der Waals surface area contributed by atoms with Gasteiger partial charge in [0.2, 0.25) is 0 Å². The number of likely N-dealkylation sites (tertiary alicyclic amines) is 1. The van der Waals surface area contributed by atoms with E-state index in [2.05, 4.69) is 52.7 Å². The minimum absolute atomic E-state index is 0.0239. The minimum atomic E-state index is -0.0239. The number of rotatable bonds is 2. The second kappa shape index (κ2) is 6.29. The van der Waals surface area contributed by atoms with E-state index in [-0.39, 0.29) is 11.9 Å². The lowest BCUT2D eigenvalue weighted by Gasteiger charge is -2.35. The molecule has 2 rings (SSSR count). The van der Waals surface area contributed by atoms with Gasteiger partial charge in [-0.2, -0.15) is 0 Å². The number of nitrogens with zero attached hydrogens (tertiary/aromatic N) is 1. The number of nitrogens with one attached hydrogen (secondary N) is 1. The first-order valence-corrected chi connectivity index (χ1v) is 7.69. The van der Waals surface area contributed by atoms with Crippen LogP contribution in [0.2, 0.25) is 0 Å². The topological polar surface area (TPSA) is 32.3 Å². The molecular weight excluding hydrogens is 324 g/mol. The molecule has 0 bridgehead atoms. The maximum atomic E-state index is 12.3. The van der Waals surface area contributed by atoms with Crippen LogP contribution in [0.25, 0.3) is 0 Å². The van der Waals surface area contributed by atoms with Gasteiger partial charge in [0.25, 0.3) is 5.91 Å². The van der Waals surface area contributed by atoms with Crippen molar-refractivity contribution >= 4 is 34.5 Å². The lowest BCUT2D eigenvalue weighted by atomic mass is 9.94. The van der Waals surface area contributed by atoms with E-state index < -0.39 is 0 Å². The summed E-state index contributed by atoms with van der Waals surface area (Å²) in [6.45, 7) is 4.24. The van der Waals surface area contributed by atoms with Crippen LogP contribution >= 0.6 is 28.6 Å². The number of carbonyl (C=O) groups is 1. The molecule has 0 aromatic heterocycles. The summed E-state index contributed by atoms with van der Waals surface area (Å²) >= 11 is 7.70. The lowest BCUT2D eigenvalue weighted by Crippen LogP contribution is -2.48. The molecule has 104 valence electrons. The van der Waals surface area contributed by atoms with Crippen molar-refractivity contribution in [3.8, 4) is 0 Å². The first-order chi connectivity index (χ1) is 8.97. The average Bonchev–Trinajstić information content (AvgIpc) is 2.35. The Morgan fingerprint density at radius 1 is 1.53 bits per heavy atom. The molecule has 1 N–H and O–H groups in total. The van der Waals surface area contributed by atoms with E-state index in [4.69, 9.17) is 0 Å². The van der Waals surface area contributed by atoms with Crippen molar-refractivity contribution in [2.75, 3.05) is 20.1 Å². The maximum absolute atomic E-state index is 12.3. The van der Waals surface area contributed by atoms with E-state index in [1.54, 1.807) is 6.07 Å². The molecule has 1 aromatic rings. The summed E-state index contributed by atoms with van der Waals surface area (Å²) in [5, 5.41) is 3.14. The Morgan fingerprint density at radius 2 is 2.26 bits per heavy atom. The fraction of sp³-hybridized carbons (Fsp3) is 0.500. The van der Waals surface area contributed by atoms with Crippen LogP contribution in [0.15, 0.2) is 27.6 Å². The predicted molar refractivity (Wildman–Crippen MR) is 83.9 cm³/mol. The molecule has 2 atom stereocenters. The maximum Gasteiger partial charge on any atom is 0.252 e. The van der Waals surface area contributed by atoms with Crippen LogP contribution in [-0.2, 0) is 0 Å². The summed E-state index contributed by atoms with van der Waals surface area (Å²) in [7, 11) is 2.12. The molecule has 0 spiro atoms. The van der Waals surface area contributed by atoms with Gasteiger partial charge in [0.15, 0.2) is 0 Å². The van der Waals surface area contributed by atoms with Crippen molar-refractivity contribution in [2.24, 2.45) is 5.92 Å². The zero-order chi connectivity index (χ0) is 14.0. The van der Waals surface area contributed by atoms with Crippen molar-refractivity contribution in [3.63, 3.8) is 0 Å². The van der Waals surface area contributed by atoms with Crippen LogP contribution in [0.4, 0.5) is 0 Å². The van der Waals surface area contributed by atoms with Crippen molar-refractivity contribution in [2.45, 2.75) is 24.3 Å². The zero-order valence-electron chi connectivity index (χ0n) is 11.2. The van der Waals surface area contributed by atoms with Gasteiger partial charge in [-0.25, -0.2) is 0 Å². The van der Waals surface area contributed by atoms with Crippen LogP contribution in [0.3, 0.4) is 0 Å². The van der Waals surface area contributed by atoms with Crippen LogP contribution in [0.5, 0.6) is 0 Å². The fourth-order valence-corrected chi connectivity index (χ4v) is 3.13. The second-order valence-corrected chi connectivity index (χ2v) is 6.64. The highest BCUT2D eigenvalue weighted by Crippen LogP contribution is 2.22. The van der Waals surface area contributed by atoms with Gasteiger partial charge in [-0.15, -0.1) is 12.6 Å². The molecule has 0 radical (unpaired) electrons. The largest absolute Gasteiger partial charge is 0.349 e. The van der Waals surface area contributed by atoms with E-state index in [9.17, 15) is 4.79 Å². The van der Waals surface area contributed by atoms with Gasteiger partial charge in [-0.3, -0.25) is 4.79 Å². The second-order valence-electron chi connectivity index (χ2n) is 5.27. The quantitative estimate of drug-likeness (QED) is 0.810. The molecule has 1 aliphatic rings. The molecule has 1 aromatic carbocycles. The monoisotopic (exact) mass is 342 g/mol. The molecule has 1 fully saturated rings. The number of piperidine rings is 1. The van der Waals surface area contributed by atoms with Gasteiger partial charge in [0.05, 0.1) is 5.56 Å². The van der Waals surface area contributed by atoms with Crippen molar-refractivity contribution in [1.29, 1.82) is 0 Å². The van der Waals surface area contributed by atoms with Gasteiger partial charge in [-0.05, 0) is 60.1 Å². The number of hydrogen-bond acceptors (Lipinski definition) is 3. The Kier molecular flexibility index (Phi) is 4.92. The Morgan fingerprint density at radius 3 is 2.95 bits per heavy atom. The number of benzene rings is 1. The summed E-state index contributed by atoms with van der Waals surface area (Å²) in [4.78, 5) is 15.4. The van der Waals surface area contributed by atoms with Crippen molar-refractivity contribution in [3.05, 3.63) is 28.2 Å². The Bertz CT molecular complexity index is 481. The van der Waals surface area contributed by atoms with Crippen LogP contribution in [-0.4, -0.2) is 37.0 Å². The van der Waals surface area contributed by atoms with Gasteiger partial charge >= 0.3 is 0 Å². The van der Waals surface area contributed by atoms with Gasteiger partial charge in [0.1, 0.15) is 0 Å². The van der Waals surface area contributed by atoms with Gasteiger partial charge in [0, 0.05) is 22.0 Å². The fourth-order valence-electron chi connectivity index (χ4n) is 2.50. The van der Waals surface area contributed by atoms with Crippen molar-refractivity contribution in [1.82, 2.24) is 10.2 Å². The number of halogens is 1. The van der Waals surface area contributed by atoms with E-state index in [0.29, 0.717) is 11.5 Å². The first-order valence-electron chi connectivity index (χ1n) is 6.45. The van der Waals surface area contributed by atoms with Crippen molar-refractivity contribution < 1.29 is 4.79 Å². The summed E-state index contributed by atoms with van der Waals surface area (Å²) < 4.78 is 0.809. The number of thiol groups is 1. The highest BCUT2D eigenvalue weighted by Gasteiger charge is 2.26. The highest BCUT2D eigenvalue weighted by atomic mass is 79.9. The predicted octanol–water partition coefficient (Wildman–Crippen LogP) is 2.81. The summed E-state index contributed by atoms with van der Waals surface area (Å²) in [6, 6.07) is 5.76. The van der Waals surface area contributed by atoms with E-state index in [1.165, 1.54) is 0 Å². The van der Waals surface area contributed by atoms with E-state index in [1.807, 2.05) is 12.1 Å². The molecule has 1 saturated heterocycles. The minimum Gasteiger partial charge on any atom is -0.349 e. The summed E-state index contributed by atoms with van der Waals surface area (Å²) in [6.07, 6.45) is 1.00. The Labute approximate surface area is 128 Å². The average molecular weight is 343 g/mol. The van der Waals surface area contributed by atoms with Gasteiger partial charge in [-0.1, -0.05) is 6.92 Å². The highest BCUT2D eigenvalue weighted by molar-refractivity contribution is 9.10. The summed E-state index contributed by atoms with van der Waals surface area (Å²) in [5.41, 5.74) is 0.652. The molecule has 0 aliphatic carbocycles. The zero-order valence-corrected chi connectivity index (χ0v) is 13.7. The molecule has 2 unspecified atom stereocenters. The first kappa shape index (κ1) is 14.9. The molecule has 1 aliphatic heterocycles. The smallest absolute Gasteiger partial charge is 0.252 e. The van der Waals surface area contributed by atoms with Crippen LogP contribution in [0.1, 0.15) is 23.7 Å². The Balaban J connectivity index is 2.06. The molecule has 19 heavy (non-hydrogen) atoms. The third kappa shape index (κ3) is 3.74. The third-order valence-electron chi connectivity index (χ3n) is 3.62. The molecule has 1 amide bonds. The number of hydrogen-bond donors (Lipinski definition) is 2. The van der Waals surface area contributed by atoms with Gasteiger partial charge < -0.3 is 10.2 Å². The third-order valence-corrected chi connectivity index (χ3v) is 4.59. The standard InChI is InChI=1S/C14H19BrN2OS/c1-9-8-17(2)6-5-13(9)16-14(18)11-7-10(19)3-4-12(11)15/h3-4,7,9,13,19H,5-6,8H2,1-2H3,(H,16,18).